The Kier molecular flexibility index (Phi) is 4.31. The largest absolute Gasteiger partial charge is 0.304 e. The van der Waals surface area contributed by atoms with Gasteiger partial charge in [-0.2, -0.15) is 0 Å². The molecule has 0 aromatic carbocycles. The molecule has 3 heteroatoms. The lowest BCUT2D eigenvalue weighted by Gasteiger charge is -2.32. The Labute approximate surface area is 98.1 Å². The molecule has 0 saturated carbocycles. The predicted octanol–water partition coefficient (Wildman–Crippen LogP) is 1.26. The van der Waals surface area contributed by atoms with E-state index < -0.39 is 0 Å². The quantitative estimate of drug-likeness (QED) is 0.760. The highest BCUT2D eigenvalue weighted by Gasteiger charge is 2.12. The lowest BCUT2D eigenvalue weighted by molar-refractivity contribution is 0.153. The normalized spacial score (nSPS) is 18.8. The van der Waals surface area contributed by atoms with Gasteiger partial charge in [0.05, 0.1) is 0 Å². The topological polar surface area (TPSA) is 19.4 Å². The predicted molar refractivity (Wildman–Crippen MR) is 66.5 cm³/mol. The molecule has 0 unspecified atom stereocenters. The van der Waals surface area contributed by atoms with Crippen molar-refractivity contribution in [2.45, 2.75) is 12.8 Å². The highest BCUT2D eigenvalue weighted by molar-refractivity contribution is 5.08. The van der Waals surface area contributed by atoms with Crippen molar-refractivity contribution in [3.8, 4) is 0 Å². The van der Waals surface area contributed by atoms with Gasteiger partial charge in [-0.1, -0.05) is 6.07 Å². The van der Waals surface area contributed by atoms with Gasteiger partial charge in [0.2, 0.25) is 0 Å². The molecule has 1 fully saturated rings. The third-order valence-electron chi connectivity index (χ3n) is 3.26. The van der Waals surface area contributed by atoms with E-state index in [9.17, 15) is 0 Å². The third kappa shape index (κ3) is 3.58. The van der Waals surface area contributed by atoms with Crippen LogP contribution in [0.5, 0.6) is 0 Å². The van der Waals surface area contributed by atoms with Crippen molar-refractivity contribution in [1.82, 2.24) is 14.8 Å². The lowest BCUT2D eigenvalue weighted by atomic mass is 10.1. The van der Waals surface area contributed by atoms with Crippen LogP contribution >= 0.6 is 0 Å². The maximum Gasteiger partial charge on any atom is 0.0299 e. The molecule has 1 aromatic rings. The minimum atomic E-state index is 1.15. The van der Waals surface area contributed by atoms with Crippen LogP contribution in [0.25, 0.3) is 0 Å². The fourth-order valence-corrected chi connectivity index (χ4v) is 2.12. The van der Waals surface area contributed by atoms with E-state index in [0.29, 0.717) is 0 Å². The van der Waals surface area contributed by atoms with Gasteiger partial charge in [-0.05, 0) is 38.1 Å². The summed E-state index contributed by atoms with van der Waals surface area (Å²) in [5.74, 6) is 0. The van der Waals surface area contributed by atoms with Crippen LogP contribution in [0.1, 0.15) is 12.0 Å². The summed E-state index contributed by atoms with van der Waals surface area (Å²) in [6.45, 7) is 6.11. The fraction of sp³-hybridized carbons (Fsp3) is 0.615. The molecule has 3 nitrogen and oxygen atoms in total. The number of aromatic nitrogens is 1. The molecule has 1 aliphatic heterocycles. The lowest BCUT2D eigenvalue weighted by Crippen LogP contribution is -2.44. The molecule has 0 aliphatic carbocycles. The van der Waals surface area contributed by atoms with Gasteiger partial charge in [0.1, 0.15) is 0 Å². The van der Waals surface area contributed by atoms with Crippen molar-refractivity contribution >= 4 is 0 Å². The van der Waals surface area contributed by atoms with Gasteiger partial charge in [0.15, 0.2) is 0 Å². The minimum absolute atomic E-state index is 1.15. The molecular formula is C13H21N3. The van der Waals surface area contributed by atoms with Crippen LogP contribution in [0.2, 0.25) is 0 Å². The number of likely N-dealkylation sites (N-methyl/N-ethyl adjacent to an activating group) is 1. The zero-order valence-corrected chi connectivity index (χ0v) is 10.1. The second kappa shape index (κ2) is 5.97. The number of aryl methyl sites for hydroxylation is 1. The average molecular weight is 219 g/mol. The van der Waals surface area contributed by atoms with Crippen LogP contribution in [0.4, 0.5) is 0 Å². The van der Waals surface area contributed by atoms with Crippen molar-refractivity contribution in [3.05, 3.63) is 30.1 Å². The molecule has 88 valence electrons. The molecule has 1 saturated heterocycles. The molecule has 2 heterocycles. The van der Waals surface area contributed by atoms with Gasteiger partial charge in [0, 0.05) is 38.6 Å². The number of hydrogen-bond donors (Lipinski definition) is 0. The Bertz CT molecular complexity index is 291. The first-order valence-corrected chi connectivity index (χ1v) is 6.14. The van der Waals surface area contributed by atoms with Gasteiger partial charge in [-0.25, -0.2) is 0 Å². The van der Waals surface area contributed by atoms with E-state index in [1.54, 1.807) is 0 Å². The third-order valence-corrected chi connectivity index (χ3v) is 3.26. The van der Waals surface area contributed by atoms with E-state index in [0.717, 1.165) is 6.42 Å². The van der Waals surface area contributed by atoms with Crippen molar-refractivity contribution in [2.24, 2.45) is 0 Å². The molecule has 0 bridgehead atoms. The number of nitrogens with zero attached hydrogens (tertiary/aromatic N) is 3. The molecule has 16 heavy (non-hydrogen) atoms. The van der Waals surface area contributed by atoms with Gasteiger partial charge in [0.25, 0.3) is 0 Å². The van der Waals surface area contributed by atoms with E-state index >= 15 is 0 Å². The summed E-state index contributed by atoms with van der Waals surface area (Å²) < 4.78 is 0. The van der Waals surface area contributed by atoms with Crippen molar-refractivity contribution in [3.63, 3.8) is 0 Å². The second-order valence-corrected chi connectivity index (χ2v) is 4.61. The van der Waals surface area contributed by atoms with Crippen molar-refractivity contribution < 1.29 is 0 Å². The highest BCUT2D eigenvalue weighted by Crippen LogP contribution is 2.04. The van der Waals surface area contributed by atoms with E-state index in [-0.39, 0.29) is 0 Å². The molecular weight excluding hydrogens is 198 g/mol. The first-order valence-electron chi connectivity index (χ1n) is 6.14. The maximum absolute atomic E-state index is 4.14. The SMILES string of the molecule is CN1CCN(CCCc2cccnc2)CC1. The first kappa shape index (κ1) is 11.6. The Morgan fingerprint density at radius 2 is 2.06 bits per heavy atom. The molecule has 0 atom stereocenters. The number of piperazine rings is 1. The van der Waals surface area contributed by atoms with Crippen LogP contribution < -0.4 is 0 Å². The van der Waals surface area contributed by atoms with E-state index in [1.807, 2.05) is 18.5 Å². The smallest absolute Gasteiger partial charge is 0.0299 e. The molecule has 0 amide bonds. The molecule has 0 N–H and O–H groups in total. The summed E-state index contributed by atoms with van der Waals surface area (Å²) in [6.07, 6.45) is 6.21. The standard InChI is InChI=1S/C13H21N3/c1-15-8-10-16(11-9-15)7-3-5-13-4-2-6-14-12-13/h2,4,6,12H,3,5,7-11H2,1H3. The summed E-state index contributed by atoms with van der Waals surface area (Å²) in [5.41, 5.74) is 1.36. The number of pyridine rings is 1. The summed E-state index contributed by atoms with van der Waals surface area (Å²) in [6, 6.07) is 4.18. The molecule has 2 rings (SSSR count). The molecule has 0 spiro atoms. The van der Waals surface area contributed by atoms with Gasteiger partial charge >= 0.3 is 0 Å². The molecule has 1 aliphatic rings. The Morgan fingerprint density at radius 1 is 1.25 bits per heavy atom. The zero-order chi connectivity index (χ0) is 11.2. The van der Waals surface area contributed by atoms with Gasteiger partial charge < -0.3 is 9.80 Å². The Hall–Kier alpha value is -0.930. The summed E-state index contributed by atoms with van der Waals surface area (Å²) >= 11 is 0. The summed E-state index contributed by atoms with van der Waals surface area (Å²) in [5, 5.41) is 0. The van der Waals surface area contributed by atoms with E-state index in [4.69, 9.17) is 0 Å². The Balaban J connectivity index is 1.65. The number of rotatable bonds is 4. The van der Waals surface area contributed by atoms with Crippen molar-refractivity contribution in [2.75, 3.05) is 39.8 Å². The van der Waals surface area contributed by atoms with Gasteiger partial charge in [-0.3, -0.25) is 4.98 Å². The Morgan fingerprint density at radius 3 is 2.75 bits per heavy atom. The average Bonchev–Trinajstić information content (AvgIpc) is 2.33. The zero-order valence-electron chi connectivity index (χ0n) is 10.1. The second-order valence-electron chi connectivity index (χ2n) is 4.61. The van der Waals surface area contributed by atoms with Crippen LogP contribution in [-0.4, -0.2) is 54.6 Å². The fourth-order valence-electron chi connectivity index (χ4n) is 2.12. The van der Waals surface area contributed by atoms with Crippen molar-refractivity contribution in [1.29, 1.82) is 0 Å². The summed E-state index contributed by atoms with van der Waals surface area (Å²) in [4.78, 5) is 9.11. The van der Waals surface area contributed by atoms with Gasteiger partial charge in [-0.15, -0.1) is 0 Å². The minimum Gasteiger partial charge on any atom is -0.304 e. The molecule has 1 aromatic heterocycles. The first-order chi connectivity index (χ1) is 7.84. The number of hydrogen-bond acceptors (Lipinski definition) is 3. The van der Waals surface area contributed by atoms with Crippen LogP contribution in [0.3, 0.4) is 0 Å². The highest BCUT2D eigenvalue weighted by atomic mass is 15.2. The van der Waals surface area contributed by atoms with Crippen LogP contribution in [0, 0.1) is 0 Å². The molecule has 0 radical (unpaired) electrons. The summed E-state index contributed by atoms with van der Waals surface area (Å²) in [7, 11) is 2.20. The van der Waals surface area contributed by atoms with Crippen LogP contribution in [-0.2, 0) is 6.42 Å². The van der Waals surface area contributed by atoms with E-state index in [2.05, 4.69) is 27.9 Å². The monoisotopic (exact) mass is 219 g/mol. The van der Waals surface area contributed by atoms with Crippen LogP contribution in [0.15, 0.2) is 24.5 Å². The maximum atomic E-state index is 4.14. The van der Waals surface area contributed by atoms with E-state index in [1.165, 1.54) is 44.7 Å².